The fourth-order valence-electron chi connectivity index (χ4n) is 4.07. The summed E-state index contributed by atoms with van der Waals surface area (Å²) in [6, 6.07) is 9.66. The third-order valence-electron chi connectivity index (χ3n) is 5.66. The van der Waals surface area contributed by atoms with E-state index in [4.69, 9.17) is 0 Å². The zero-order valence-corrected chi connectivity index (χ0v) is 17.3. The number of aromatic nitrogens is 2. The Morgan fingerprint density at radius 1 is 1.00 bits per heavy atom. The molecule has 2 aliphatic rings. The molecule has 1 saturated heterocycles. The fourth-order valence-corrected chi connectivity index (χ4v) is 4.94. The Bertz CT molecular complexity index is 835. The van der Waals surface area contributed by atoms with E-state index in [1.54, 1.807) is 0 Å². The van der Waals surface area contributed by atoms with Gasteiger partial charge in [0.25, 0.3) is 5.91 Å². The van der Waals surface area contributed by atoms with Crippen LogP contribution in [0.15, 0.2) is 30.3 Å². The van der Waals surface area contributed by atoms with E-state index in [9.17, 15) is 9.59 Å². The molecule has 2 fully saturated rings. The lowest BCUT2D eigenvalue weighted by Gasteiger charge is -2.33. The molecule has 0 bridgehead atoms. The predicted molar refractivity (Wildman–Crippen MR) is 113 cm³/mol. The summed E-state index contributed by atoms with van der Waals surface area (Å²) in [6.45, 7) is 1.41. The van der Waals surface area contributed by atoms with Gasteiger partial charge in [-0.2, -0.15) is 0 Å². The Morgan fingerprint density at radius 2 is 1.79 bits per heavy atom. The summed E-state index contributed by atoms with van der Waals surface area (Å²) in [7, 11) is 0. The maximum absolute atomic E-state index is 12.7. The standard InChI is InChI=1S/C21H27N5O2S/c27-18(22-16-9-3-1-4-10-16)20-25-24-19(29-20)15-8-7-13-26(14-15)21(28)23-17-11-5-2-6-12-17/h1,3-4,9-10,15,17H,2,5-8,11-14H2,(H,22,27)(H,23,28). The second kappa shape index (κ2) is 9.35. The molecule has 1 aromatic heterocycles. The van der Waals surface area contributed by atoms with Gasteiger partial charge in [0.05, 0.1) is 0 Å². The Kier molecular flexibility index (Phi) is 6.39. The molecule has 2 N–H and O–H groups in total. The number of urea groups is 1. The summed E-state index contributed by atoms with van der Waals surface area (Å²) in [5.41, 5.74) is 0.734. The number of amides is 3. The zero-order valence-electron chi connectivity index (χ0n) is 16.5. The number of nitrogens with zero attached hydrogens (tertiary/aromatic N) is 3. The van der Waals surface area contributed by atoms with Crippen LogP contribution in [0.5, 0.6) is 0 Å². The molecule has 1 atom stereocenters. The highest BCUT2D eigenvalue weighted by Gasteiger charge is 2.29. The molecule has 1 aromatic carbocycles. The number of anilines is 1. The van der Waals surface area contributed by atoms with E-state index in [1.807, 2.05) is 35.2 Å². The number of carbonyl (C=O) groups is 2. The van der Waals surface area contributed by atoms with Gasteiger partial charge in [-0.3, -0.25) is 4.79 Å². The molecule has 1 unspecified atom stereocenters. The van der Waals surface area contributed by atoms with E-state index in [2.05, 4.69) is 20.8 Å². The molecule has 1 aliphatic heterocycles. The summed E-state index contributed by atoms with van der Waals surface area (Å²) in [4.78, 5) is 27.0. The minimum absolute atomic E-state index is 0.0353. The number of likely N-dealkylation sites (tertiary alicyclic amines) is 1. The van der Waals surface area contributed by atoms with Crippen LogP contribution in [0.1, 0.15) is 65.7 Å². The quantitative estimate of drug-likeness (QED) is 0.793. The number of para-hydroxylation sites is 1. The highest BCUT2D eigenvalue weighted by molar-refractivity contribution is 7.13. The summed E-state index contributed by atoms with van der Waals surface area (Å²) < 4.78 is 0. The van der Waals surface area contributed by atoms with Gasteiger partial charge in [0.2, 0.25) is 5.01 Å². The Labute approximate surface area is 174 Å². The number of rotatable bonds is 4. The van der Waals surface area contributed by atoms with Gasteiger partial charge in [0.1, 0.15) is 5.01 Å². The first-order chi connectivity index (χ1) is 14.2. The molecular weight excluding hydrogens is 386 g/mol. The number of piperidine rings is 1. The van der Waals surface area contributed by atoms with Crippen LogP contribution in [0.25, 0.3) is 0 Å². The van der Waals surface area contributed by atoms with Crippen LogP contribution in [0.3, 0.4) is 0 Å². The van der Waals surface area contributed by atoms with Crippen molar-refractivity contribution in [1.82, 2.24) is 20.4 Å². The van der Waals surface area contributed by atoms with Crippen LogP contribution >= 0.6 is 11.3 Å². The van der Waals surface area contributed by atoms with Crippen LogP contribution < -0.4 is 10.6 Å². The lowest BCUT2D eigenvalue weighted by molar-refractivity contribution is 0.102. The maximum atomic E-state index is 12.7. The second-order valence-corrected chi connectivity index (χ2v) is 8.84. The molecule has 2 aromatic rings. The predicted octanol–water partition coefficient (Wildman–Crippen LogP) is 4.01. The van der Waals surface area contributed by atoms with E-state index in [1.165, 1.54) is 30.6 Å². The van der Waals surface area contributed by atoms with E-state index in [-0.39, 0.29) is 17.9 Å². The highest BCUT2D eigenvalue weighted by atomic mass is 32.1. The Hall–Kier alpha value is -2.48. The molecular formula is C21H27N5O2S. The average molecular weight is 414 g/mol. The molecule has 8 heteroatoms. The van der Waals surface area contributed by atoms with E-state index in [0.717, 1.165) is 42.9 Å². The maximum Gasteiger partial charge on any atom is 0.317 e. The largest absolute Gasteiger partial charge is 0.335 e. The molecule has 0 spiro atoms. The third-order valence-corrected chi connectivity index (χ3v) is 6.74. The topological polar surface area (TPSA) is 87.2 Å². The highest BCUT2D eigenvalue weighted by Crippen LogP contribution is 2.29. The van der Waals surface area contributed by atoms with Gasteiger partial charge in [0.15, 0.2) is 0 Å². The summed E-state index contributed by atoms with van der Waals surface area (Å²) in [5, 5.41) is 15.6. The Balaban J connectivity index is 1.34. The average Bonchev–Trinajstić information content (AvgIpc) is 3.26. The fraction of sp³-hybridized carbons (Fsp3) is 0.524. The van der Waals surface area contributed by atoms with Gasteiger partial charge >= 0.3 is 6.03 Å². The minimum Gasteiger partial charge on any atom is -0.335 e. The smallest absolute Gasteiger partial charge is 0.317 e. The first-order valence-electron chi connectivity index (χ1n) is 10.4. The van der Waals surface area contributed by atoms with Gasteiger partial charge in [0, 0.05) is 30.7 Å². The van der Waals surface area contributed by atoms with Crippen LogP contribution in [-0.2, 0) is 0 Å². The molecule has 0 radical (unpaired) electrons. The number of benzene rings is 1. The monoisotopic (exact) mass is 413 g/mol. The van der Waals surface area contributed by atoms with Gasteiger partial charge in [-0.25, -0.2) is 4.79 Å². The van der Waals surface area contributed by atoms with Crippen molar-refractivity contribution < 1.29 is 9.59 Å². The van der Waals surface area contributed by atoms with Crippen LogP contribution in [0.2, 0.25) is 0 Å². The van der Waals surface area contributed by atoms with Crippen LogP contribution in [0, 0.1) is 0 Å². The lowest BCUT2D eigenvalue weighted by atomic mass is 9.95. The van der Waals surface area contributed by atoms with E-state index < -0.39 is 0 Å². The van der Waals surface area contributed by atoms with Crippen LogP contribution in [0.4, 0.5) is 10.5 Å². The van der Waals surface area contributed by atoms with E-state index >= 15 is 0 Å². The number of nitrogens with one attached hydrogen (secondary N) is 2. The first kappa shape index (κ1) is 19.8. The SMILES string of the molecule is O=C(Nc1ccccc1)c1nnc(C2CCCN(C(=O)NC3CCCCC3)C2)s1. The number of carbonyl (C=O) groups excluding carboxylic acids is 2. The van der Waals surface area contributed by atoms with Crippen molar-refractivity contribution in [3.05, 3.63) is 40.3 Å². The first-order valence-corrected chi connectivity index (χ1v) is 11.3. The van der Waals surface area contributed by atoms with Gasteiger partial charge < -0.3 is 15.5 Å². The van der Waals surface area contributed by atoms with Gasteiger partial charge in [-0.15, -0.1) is 10.2 Å². The molecule has 154 valence electrons. The normalized spacial score (nSPS) is 20.3. The van der Waals surface area contributed by atoms with Crippen molar-refractivity contribution in [1.29, 1.82) is 0 Å². The van der Waals surface area contributed by atoms with Crippen molar-refractivity contribution in [2.45, 2.75) is 56.9 Å². The van der Waals surface area contributed by atoms with Gasteiger partial charge in [-0.05, 0) is 37.8 Å². The van der Waals surface area contributed by atoms with Crippen molar-refractivity contribution in [2.75, 3.05) is 18.4 Å². The minimum atomic E-state index is -0.248. The molecule has 1 saturated carbocycles. The van der Waals surface area contributed by atoms with Crippen molar-refractivity contribution in [2.24, 2.45) is 0 Å². The van der Waals surface area contributed by atoms with E-state index in [0.29, 0.717) is 17.6 Å². The van der Waals surface area contributed by atoms with Crippen molar-refractivity contribution in [3.63, 3.8) is 0 Å². The summed E-state index contributed by atoms with van der Waals surface area (Å²) in [5.74, 6) is -0.112. The molecule has 7 nitrogen and oxygen atoms in total. The summed E-state index contributed by atoms with van der Waals surface area (Å²) in [6.07, 6.45) is 7.74. The molecule has 2 heterocycles. The van der Waals surface area contributed by atoms with Crippen molar-refractivity contribution in [3.8, 4) is 0 Å². The second-order valence-electron chi connectivity index (χ2n) is 7.84. The lowest BCUT2D eigenvalue weighted by Crippen LogP contribution is -2.48. The molecule has 1 aliphatic carbocycles. The zero-order chi connectivity index (χ0) is 20.1. The number of hydrogen-bond donors (Lipinski definition) is 2. The molecule has 3 amide bonds. The summed E-state index contributed by atoms with van der Waals surface area (Å²) >= 11 is 1.32. The third kappa shape index (κ3) is 5.12. The van der Waals surface area contributed by atoms with Crippen LogP contribution in [-0.4, -0.2) is 46.2 Å². The number of hydrogen-bond acceptors (Lipinski definition) is 5. The van der Waals surface area contributed by atoms with Crippen molar-refractivity contribution >= 4 is 29.0 Å². The molecule has 29 heavy (non-hydrogen) atoms. The Morgan fingerprint density at radius 3 is 2.59 bits per heavy atom. The molecule has 4 rings (SSSR count). The van der Waals surface area contributed by atoms with Gasteiger partial charge in [-0.1, -0.05) is 48.8 Å².